The van der Waals surface area contributed by atoms with Crippen LogP contribution in [0.3, 0.4) is 0 Å². The Bertz CT molecular complexity index is 406. The fraction of sp³-hybridized carbons (Fsp3) is 0.667. The maximum Gasteiger partial charge on any atom is 0.332 e. The molecule has 0 aromatic rings. The molecule has 0 heterocycles. The van der Waals surface area contributed by atoms with E-state index in [2.05, 4.69) is 10.1 Å². The highest BCUT2D eigenvalue weighted by atomic mass is 19.3. The summed E-state index contributed by atoms with van der Waals surface area (Å²) in [6, 6.07) is 0. The lowest BCUT2D eigenvalue weighted by atomic mass is 10.0. The Labute approximate surface area is 103 Å². The van der Waals surface area contributed by atoms with Crippen LogP contribution in [0.1, 0.15) is 19.8 Å². The van der Waals surface area contributed by atoms with Crippen LogP contribution in [0.2, 0.25) is 0 Å². The molecule has 0 aromatic heterocycles. The number of allylic oxidation sites excluding steroid dienone is 1. The highest BCUT2D eigenvalue weighted by Gasteiger charge is 2.72. The minimum Gasteiger partial charge on any atom is -0.466 e. The van der Waals surface area contributed by atoms with Crippen LogP contribution < -0.4 is 5.32 Å². The molecule has 2 fully saturated rings. The van der Waals surface area contributed by atoms with Crippen LogP contribution in [0.5, 0.6) is 0 Å². The predicted molar refractivity (Wildman–Crippen MR) is 58.6 cm³/mol. The third kappa shape index (κ3) is 2.23. The van der Waals surface area contributed by atoms with Gasteiger partial charge in [0.1, 0.15) is 0 Å². The zero-order chi connectivity index (χ0) is 13.5. The third-order valence-electron chi connectivity index (χ3n) is 3.67. The molecule has 2 saturated carbocycles. The smallest absolute Gasteiger partial charge is 0.332 e. The second-order valence-corrected chi connectivity index (χ2v) is 4.90. The molecule has 1 amide bonds. The lowest BCUT2D eigenvalue weighted by Crippen LogP contribution is -2.30. The Balaban J connectivity index is 1.84. The molecule has 100 valence electrons. The van der Waals surface area contributed by atoms with Gasteiger partial charge in [-0.3, -0.25) is 4.79 Å². The zero-order valence-electron chi connectivity index (χ0n) is 10.2. The molecular weight excluding hydrogens is 244 g/mol. The molecule has 0 radical (unpaired) electrons. The number of rotatable bonds is 3. The Kier molecular flexibility index (Phi) is 3.12. The molecule has 2 unspecified atom stereocenters. The maximum absolute atomic E-state index is 13.0. The van der Waals surface area contributed by atoms with Crippen molar-refractivity contribution < 1.29 is 23.1 Å². The number of carbonyl (C=O) groups excluding carboxylic acids is 2. The molecular formula is C12H15F2NO3. The molecule has 2 rings (SSSR count). The summed E-state index contributed by atoms with van der Waals surface area (Å²) in [5.74, 6) is -5.05. The van der Waals surface area contributed by atoms with Crippen LogP contribution in [0.15, 0.2) is 11.8 Å². The van der Waals surface area contributed by atoms with Gasteiger partial charge in [-0.1, -0.05) is 0 Å². The molecule has 2 atom stereocenters. The van der Waals surface area contributed by atoms with Crippen molar-refractivity contribution in [2.75, 3.05) is 7.11 Å². The number of alkyl halides is 2. The maximum atomic E-state index is 13.0. The molecule has 6 heteroatoms. The number of methoxy groups -OCH3 is 1. The van der Waals surface area contributed by atoms with Gasteiger partial charge in [0.25, 0.3) is 5.92 Å². The van der Waals surface area contributed by atoms with E-state index in [0.717, 1.165) is 6.08 Å². The lowest BCUT2D eigenvalue weighted by molar-refractivity contribution is -0.134. The molecule has 0 aromatic carbocycles. The van der Waals surface area contributed by atoms with E-state index in [9.17, 15) is 18.4 Å². The fourth-order valence-corrected chi connectivity index (χ4v) is 2.59. The number of hydrogen-bond donors (Lipinski definition) is 1. The van der Waals surface area contributed by atoms with E-state index in [1.54, 1.807) is 6.92 Å². The van der Waals surface area contributed by atoms with Crippen LogP contribution >= 0.6 is 0 Å². The van der Waals surface area contributed by atoms with Gasteiger partial charge in [0.05, 0.1) is 7.11 Å². The summed E-state index contributed by atoms with van der Waals surface area (Å²) in [6.07, 6.45) is 1.62. The van der Waals surface area contributed by atoms with E-state index in [-0.39, 0.29) is 24.7 Å². The van der Waals surface area contributed by atoms with Crippen LogP contribution in [0, 0.1) is 17.8 Å². The van der Waals surface area contributed by atoms with Gasteiger partial charge >= 0.3 is 5.97 Å². The van der Waals surface area contributed by atoms with Gasteiger partial charge in [0.2, 0.25) is 5.91 Å². The quantitative estimate of drug-likeness (QED) is 0.617. The van der Waals surface area contributed by atoms with E-state index in [1.807, 2.05) is 0 Å². The van der Waals surface area contributed by atoms with E-state index in [0.29, 0.717) is 5.70 Å². The van der Waals surface area contributed by atoms with Gasteiger partial charge in [-0.05, 0) is 19.8 Å². The average molecular weight is 259 g/mol. The summed E-state index contributed by atoms with van der Waals surface area (Å²) in [5.41, 5.74) is 0.360. The van der Waals surface area contributed by atoms with Crippen molar-refractivity contribution in [1.29, 1.82) is 0 Å². The molecule has 2 aliphatic rings. The zero-order valence-corrected chi connectivity index (χ0v) is 10.2. The van der Waals surface area contributed by atoms with E-state index < -0.39 is 23.7 Å². The van der Waals surface area contributed by atoms with Crippen LogP contribution in [-0.4, -0.2) is 24.9 Å². The number of carbonyl (C=O) groups is 2. The molecule has 0 bridgehead atoms. The molecule has 18 heavy (non-hydrogen) atoms. The van der Waals surface area contributed by atoms with Crippen molar-refractivity contribution in [3.63, 3.8) is 0 Å². The fourth-order valence-electron chi connectivity index (χ4n) is 2.59. The first-order valence-electron chi connectivity index (χ1n) is 5.81. The first-order valence-corrected chi connectivity index (χ1v) is 5.81. The Morgan fingerprint density at radius 2 is 1.89 bits per heavy atom. The number of halogens is 2. The Hall–Kier alpha value is -1.46. The van der Waals surface area contributed by atoms with Crippen LogP contribution in [-0.2, 0) is 14.3 Å². The van der Waals surface area contributed by atoms with Gasteiger partial charge < -0.3 is 10.1 Å². The number of fused-ring (bicyclic) bond motifs is 1. The summed E-state index contributed by atoms with van der Waals surface area (Å²) >= 11 is 0. The van der Waals surface area contributed by atoms with E-state index in [1.165, 1.54) is 7.11 Å². The number of nitrogens with one attached hydrogen (secondary N) is 1. The molecule has 0 aliphatic heterocycles. The van der Waals surface area contributed by atoms with Gasteiger partial charge in [-0.15, -0.1) is 0 Å². The van der Waals surface area contributed by atoms with Crippen LogP contribution in [0.25, 0.3) is 0 Å². The second kappa shape index (κ2) is 4.33. The summed E-state index contributed by atoms with van der Waals surface area (Å²) in [7, 11) is 1.24. The SMILES string of the molecule is COC(=O)C=C(C)NC(=O)C1CC2C(C1)C2(F)F. The largest absolute Gasteiger partial charge is 0.466 e. The Morgan fingerprint density at radius 1 is 1.33 bits per heavy atom. The number of ether oxygens (including phenoxy) is 1. The summed E-state index contributed by atoms with van der Waals surface area (Å²) in [5, 5.41) is 2.53. The van der Waals surface area contributed by atoms with Crippen molar-refractivity contribution in [3.8, 4) is 0 Å². The second-order valence-electron chi connectivity index (χ2n) is 4.90. The van der Waals surface area contributed by atoms with Crippen molar-refractivity contribution in [2.24, 2.45) is 17.8 Å². The minimum absolute atomic E-state index is 0.231. The number of amides is 1. The van der Waals surface area contributed by atoms with Crippen molar-refractivity contribution in [1.82, 2.24) is 5.32 Å². The highest BCUT2D eigenvalue weighted by Crippen LogP contribution is 2.65. The molecule has 2 aliphatic carbocycles. The third-order valence-corrected chi connectivity index (χ3v) is 3.67. The highest BCUT2D eigenvalue weighted by molar-refractivity contribution is 5.85. The van der Waals surface area contributed by atoms with Crippen molar-refractivity contribution in [3.05, 3.63) is 11.8 Å². The molecule has 1 N–H and O–H groups in total. The first kappa shape index (κ1) is 13.0. The molecule has 4 nitrogen and oxygen atoms in total. The predicted octanol–water partition coefficient (Wildman–Crippen LogP) is 1.47. The average Bonchev–Trinajstić information content (AvgIpc) is 2.70. The van der Waals surface area contributed by atoms with Gasteiger partial charge in [-0.25, -0.2) is 13.6 Å². The van der Waals surface area contributed by atoms with Crippen molar-refractivity contribution >= 4 is 11.9 Å². The summed E-state index contributed by atoms with van der Waals surface area (Å²) in [6.45, 7) is 1.55. The number of esters is 1. The first-order chi connectivity index (χ1) is 8.36. The van der Waals surface area contributed by atoms with E-state index >= 15 is 0 Å². The lowest BCUT2D eigenvalue weighted by Gasteiger charge is -2.14. The molecule has 0 saturated heterocycles. The van der Waals surface area contributed by atoms with Gasteiger partial charge in [0, 0.05) is 29.5 Å². The number of hydrogen-bond acceptors (Lipinski definition) is 3. The topological polar surface area (TPSA) is 55.4 Å². The summed E-state index contributed by atoms with van der Waals surface area (Å²) in [4.78, 5) is 22.7. The normalized spacial score (nSPS) is 32.7. The summed E-state index contributed by atoms with van der Waals surface area (Å²) < 4.78 is 30.3. The van der Waals surface area contributed by atoms with E-state index in [4.69, 9.17) is 0 Å². The van der Waals surface area contributed by atoms with Crippen LogP contribution in [0.4, 0.5) is 8.78 Å². The monoisotopic (exact) mass is 259 g/mol. The minimum atomic E-state index is -2.56. The standard InChI is InChI=1S/C12H15F2NO3/c1-6(3-10(16)18-2)15-11(17)7-4-8-9(5-7)12(8,13)14/h3,7-9H,4-5H2,1-2H3,(H,15,17). The van der Waals surface area contributed by atoms with Gasteiger partial charge in [0.15, 0.2) is 0 Å². The Morgan fingerprint density at radius 3 is 2.39 bits per heavy atom. The van der Waals surface area contributed by atoms with Crippen molar-refractivity contribution in [2.45, 2.75) is 25.7 Å². The van der Waals surface area contributed by atoms with Gasteiger partial charge in [-0.2, -0.15) is 0 Å². The molecule has 0 spiro atoms.